The fraction of sp³-hybridized carbons (Fsp3) is 0.200. The zero-order valence-electron chi connectivity index (χ0n) is 14.9. The van der Waals surface area contributed by atoms with Crippen molar-refractivity contribution in [1.29, 1.82) is 0 Å². The Labute approximate surface area is 159 Å². The van der Waals surface area contributed by atoms with Crippen LogP contribution in [0.5, 0.6) is 11.5 Å². The molecule has 2 N–H and O–H groups in total. The van der Waals surface area contributed by atoms with Gasteiger partial charge in [-0.05, 0) is 36.8 Å². The lowest BCUT2D eigenvalue weighted by Crippen LogP contribution is -2.23. The summed E-state index contributed by atoms with van der Waals surface area (Å²) < 4.78 is 10.7. The fourth-order valence-corrected chi connectivity index (χ4v) is 3.36. The molecule has 28 heavy (non-hydrogen) atoms. The average molecular weight is 380 g/mol. The van der Waals surface area contributed by atoms with Crippen LogP contribution in [0, 0.1) is 5.92 Å². The number of carbonyl (C=O) groups excluding carboxylic acids is 3. The molecule has 1 fully saturated rings. The first kappa shape index (κ1) is 17.7. The van der Waals surface area contributed by atoms with Crippen molar-refractivity contribution in [3.8, 4) is 11.5 Å². The molecule has 8 nitrogen and oxygen atoms in total. The van der Waals surface area contributed by atoms with E-state index in [1.54, 1.807) is 24.3 Å². The Bertz CT molecular complexity index is 1040. The molecule has 3 heterocycles. The third kappa shape index (κ3) is 2.98. The molecule has 0 bridgehead atoms. The van der Waals surface area contributed by atoms with Gasteiger partial charge in [0.2, 0.25) is 18.6 Å². The Morgan fingerprint density at radius 1 is 1.21 bits per heavy atom. The lowest BCUT2D eigenvalue weighted by molar-refractivity contribution is -0.125. The number of aliphatic hydroxyl groups is 1. The summed E-state index contributed by atoms with van der Waals surface area (Å²) in [6.07, 6.45) is 1.32. The maximum absolute atomic E-state index is 12.4. The monoisotopic (exact) mass is 380 g/mol. The highest BCUT2D eigenvalue weighted by Gasteiger charge is 2.37. The number of benzene rings is 1. The predicted octanol–water partition coefficient (Wildman–Crippen LogP) is 2.10. The topological polar surface area (TPSA) is 115 Å². The number of pyridine rings is 1. The predicted molar refractivity (Wildman–Crippen MR) is 97.5 cm³/mol. The Morgan fingerprint density at radius 2 is 2.00 bits per heavy atom. The molecule has 4 rings (SSSR count). The van der Waals surface area contributed by atoms with E-state index in [-0.39, 0.29) is 41.6 Å². The van der Waals surface area contributed by atoms with Gasteiger partial charge in [0.05, 0.1) is 5.92 Å². The van der Waals surface area contributed by atoms with Crippen molar-refractivity contribution in [3.05, 3.63) is 53.3 Å². The van der Waals surface area contributed by atoms with Gasteiger partial charge in [0.25, 0.3) is 0 Å². The fourth-order valence-electron chi connectivity index (χ4n) is 3.36. The summed E-state index contributed by atoms with van der Waals surface area (Å²) >= 11 is 0. The van der Waals surface area contributed by atoms with Crippen molar-refractivity contribution in [3.63, 3.8) is 0 Å². The van der Waals surface area contributed by atoms with Gasteiger partial charge in [0.15, 0.2) is 17.3 Å². The van der Waals surface area contributed by atoms with Crippen LogP contribution in [-0.4, -0.2) is 34.5 Å². The molecular weight excluding hydrogens is 364 g/mol. The van der Waals surface area contributed by atoms with Crippen LogP contribution in [0.25, 0.3) is 11.3 Å². The SMILES string of the molecule is CC(=O)c1cccnc1C(O)=C(c1ccc2c(c1)OCO2)C1CC(=O)NC1=O. The van der Waals surface area contributed by atoms with E-state index in [0.717, 1.165) is 0 Å². The summed E-state index contributed by atoms with van der Waals surface area (Å²) in [7, 11) is 0. The van der Waals surface area contributed by atoms with Crippen LogP contribution in [0.1, 0.15) is 35.0 Å². The Morgan fingerprint density at radius 3 is 2.71 bits per heavy atom. The lowest BCUT2D eigenvalue weighted by Gasteiger charge is -2.17. The minimum atomic E-state index is -0.922. The van der Waals surface area contributed by atoms with Gasteiger partial charge in [-0.2, -0.15) is 0 Å². The summed E-state index contributed by atoms with van der Waals surface area (Å²) in [6, 6.07) is 8.06. The highest BCUT2D eigenvalue weighted by molar-refractivity contribution is 6.12. The van der Waals surface area contributed by atoms with Crippen molar-refractivity contribution in [1.82, 2.24) is 10.3 Å². The van der Waals surface area contributed by atoms with Crippen LogP contribution >= 0.6 is 0 Å². The van der Waals surface area contributed by atoms with Gasteiger partial charge in [-0.3, -0.25) is 24.7 Å². The third-order valence-corrected chi connectivity index (χ3v) is 4.67. The summed E-state index contributed by atoms with van der Waals surface area (Å²) in [5, 5.41) is 13.3. The Balaban J connectivity index is 1.93. The molecule has 0 spiro atoms. The van der Waals surface area contributed by atoms with Crippen LogP contribution in [0.15, 0.2) is 36.5 Å². The molecule has 1 unspecified atom stereocenters. The first-order valence-electron chi connectivity index (χ1n) is 8.59. The van der Waals surface area contributed by atoms with E-state index >= 15 is 0 Å². The zero-order chi connectivity index (χ0) is 19.8. The molecule has 0 aliphatic carbocycles. The number of Topliss-reactive ketones (excluding diaryl/α,β-unsaturated/α-hetero) is 1. The van der Waals surface area contributed by atoms with Crippen molar-refractivity contribution >= 4 is 28.9 Å². The van der Waals surface area contributed by atoms with E-state index in [4.69, 9.17) is 9.47 Å². The van der Waals surface area contributed by atoms with Crippen LogP contribution in [-0.2, 0) is 9.59 Å². The number of carbonyl (C=O) groups is 3. The second-order valence-electron chi connectivity index (χ2n) is 6.46. The molecule has 2 aliphatic rings. The number of aliphatic hydroxyl groups excluding tert-OH is 1. The molecular formula is C20H16N2O6. The van der Waals surface area contributed by atoms with E-state index < -0.39 is 17.7 Å². The Kier molecular flexibility index (Phi) is 4.31. The summed E-state index contributed by atoms with van der Waals surface area (Å²) in [5.41, 5.74) is 0.928. The van der Waals surface area contributed by atoms with Crippen LogP contribution in [0.2, 0.25) is 0 Å². The van der Waals surface area contributed by atoms with Crippen LogP contribution < -0.4 is 14.8 Å². The number of ether oxygens (including phenoxy) is 2. The molecule has 1 atom stereocenters. The van der Waals surface area contributed by atoms with Crippen molar-refractivity contribution in [2.24, 2.45) is 5.92 Å². The van der Waals surface area contributed by atoms with E-state index in [9.17, 15) is 19.5 Å². The minimum absolute atomic E-state index is 0.0508. The molecule has 2 aliphatic heterocycles. The van der Waals surface area contributed by atoms with Crippen LogP contribution in [0.3, 0.4) is 0 Å². The number of aromatic nitrogens is 1. The second-order valence-corrected chi connectivity index (χ2v) is 6.46. The lowest BCUT2D eigenvalue weighted by atomic mass is 9.88. The van der Waals surface area contributed by atoms with Gasteiger partial charge < -0.3 is 14.6 Å². The van der Waals surface area contributed by atoms with Crippen molar-refractivity contribution in [2.75, 3.05) is 6.79 Å². The van der Waals surface area contributed by atoms with Gasteiger partial charge in [0.1, 0.15) is 11.5 Å². The minimum Gasteiger partial charge on any atom is -0.505 e. The molecule has 1 aromatic carbocycles. The van der Waals surface area contributed by atoms with Gasteiger partial charge in [-0.15, -0.1) is 0 Å². The highest BCUT2D eigenvalue weighted by atomic mass is 16.7. The number of imide groups is 1. The normalized spacial score (nSPS) is 18.7. The molecule has 1 saturated heterocycles. The first-order chi connectivity index (χ1) is 13.5. The molecule has 2 aromatic rings. The van der Waals surface area contributed by atoms with Gasteiger partial charge in [-0.1, -0.05) is 6.07 Å². The number of nitrogens with one attached hydrogen (secondary N) is 1. The van der Waals surface area contributed by atoms with E-state index in [1.807, 2.05) is 0 Å². The number of nitrogens with zero attached hydrogens (tertiary/aromatic N) is 1. The smallest absolute Gasteiger partial charge is 0.234 e. The standard InChI is InChI=1S/C20H16N2O6/c1-10(23)12-3-2-6-21-18(12)19(25)17(13-8-16(24)22-20(13)26)11-4-5-14-15(7-11)28-9-27-14/h2-7,13,25H,8-9H2,1H3,(H,22,24,26). The molecule has 8 heteroatoms. The summed E-state index contributed by atoms with van der Waals surface area (Å²) in [6.45, 7) is 1.43. The van der Waals surface area contributed by atoms with Crippen LogP contribution in [0.4, 0.5) is 0 Å². The number of hydrogen-bond donors (Lipinski definition) is 2. The molecule has 0 saturated carbocycles. The quantitative estimate of drug-likeness (QED) is 0.474. The Hall–Kier alpha value is -3.68. The van der Waals surface area contributed by atoms with Gasteiger partial charge in [-0.25, -0.2) is 0 Å². The first-order valence-corrected chi connectivity index (χ1v) is 8.59. The van der Waals surface area contributed by atoms with E-state index in [2.05, 4.69) is 10.3 Å². The molecule has 142 valence electrons. The van der Waals surface area contributed by atoms with Crippen molar-refractivity contribution in [2.45, 2.75) is 13.3 Å². The molecule has 1 aromatic heterocycles. The van der Waals surface area contributed by atoms with Crippen molar-refractivity contribution < 1.29 is 29.0 Å². The number of amides is 2. The van der Waals surface area contributed by atoms with E-state index in [1.165, 1.54) is 19.2 Å². The number of rotatable bonds is 4. The summed E-state index contributed by atoms with van der Waals surface area (Å²) in [5.74, 6) is -1.50. The maximum Gasteiger partial charge on any atom is 0.234 e. The largest absolute Gasteiger partial charge is 0.505 e. The summed E-state index contributed by atoms with van der Waals surface area (Å²) in [4.78, 5) is 40.2. The molecule has 0 radical (unpaired) electrons. The zero-order valence-corrected chi connectivity index (χ0v) is 14.9. The number of fused-ring (bicyclic) bond motifs is 1. The third-order valence-electron chi connectivity index (χ3n) is 4.67. The number of ketones is 1. The van der Waals surface area contributed by atoms with E-state index in [0.29, 0.717) is 17.1 Å². The second kappa shape index (κ2) is 6.80. The molecule has 2 amide bonds. The highest BCUT2D eigenvalue weighted by Crippen LogP contribution is 2.40. The average Bonchev–Trinajstić information content (AvgIpc) is 3.27. The van der Waals surface area contributed by atoms with Gasteiger partial charge >= 0.3 is 0 Å². The van der Waals surface area contributed by atoms with Gasteiger partial charge in [0, 0.05) is 23.8 Å². The number of hydrogen-bond acceptors (Lipinski definition) is 7. The maximum atomic E-state index is 12.4.